The molecule has 0 aromatic carbocycles. The molecule has 0 unspecified atom stereocenters. The molecule has 0 bridgehead atoms. The average Bonchev–Trinajstić information content (AvgIpc) is 2.49. The molecule has 1 heterocycles. The fourth-order valence-corrected chi connectivity index (χ4v) is 1.11. The quantitative estimate of drug-likeness (QED) is 0.813. The van der Waals surface area contributed by atoms with Gasteiger partial charge in [0.15, 0.2) is 5.69 Å². The van der Waals surface area contributed by atoms with Crippen LogP contribution in [0.1, 0.15) is 12.6 Å². The minimum atomic E-state index is -4.48. The smallest absolute Gasteiger partial charge is 0.435 e. The molecular weight excluding hydrogens is 225 g/mol. The molecule has 4 nitrogen and oxygen atoms in total. The molecule has 0 amide bonds. The second-order valence-electron chi connectivity index (χ2n) is 3.23. The van der Waals surface area contributed by atoms with Crippen LogP contribution in [0.4, 0.5) is 13.2 Å². The van der Waals surface area contributed by atoms with Crippen LogP contribution in [-0.2, 0) is 17.5 Å². The van der Waals surface area contributed by atoms with Crippen LogP contribution in [0, 0.1) is 0 Å². The molecule has 0 saturated carbocycles. The molecule has 88 valence electrons. The Labute approximate surface area is 89.0 Å². The summed E-state index contributed by atoms with van der Waals surface area (Å²) in [5, 5.41) is 11.7. The summed E-state index contributed by atoms with van der Waals surface area (Å²) in [5.41, 5.74) is -0.583. The van der Waals surface area contributed by atoms with E-state index >= 15 is 0 Å². The molecule has 7 heteroatoms. The number of carbonyl (C=O) groups is 1. The van der Waals surface area contributed by atoms with Crippen LogP contribution in [0.5, 0.6) is 0 Å². The molecular formula is C9H9F3N2O2. The minimum Gasteiger partial charge on any atom is -0.478 e. The zero-order chi connectivity index (χ0) is 12.3. The zero-order valence-electron chi connectivity index (χ0n) is 8.32. The first-order valence-electron chi connectivity index (χ1n) is 4.30. The molecule has 1 rings (SSSR count). The number of aromatic nitrogens is 2. The van der Waals surface area contributed by atoms with Gasteiger partial charge in [-0.25, -0.2) is 4.79 Å². The number of nitrogens with zero attached hydrogens (tertiary/aromatic N) is 2. The zero-order valence-corrected chi connectivity index (χ0v) is 8.32. The Hall–Kier alpha value is -1.79. The minimum absolute atomic E-state index is 0.0162. The van der Waals surface area contributed by atoms with Crippen molar-refractivity contribution in [2.24, 2.45) is 0 Å². The van der Waals surface area contributed by atoms with Crippen molar-refractivity contribution in [3.63, 3.8) is 0 Å². The van der Waals surface area contributed by atoms with Crippen molar-refractivity contribution in [3.8, 4) is 0 Å². The summed E-state index contributed by atoms with van der Waals surface area (Å²) in [5.74, 6) is -1.14. The summed E-state index contributed by atoms with van der Waals surface area (Å²) in [6, 6.07) is 0.841. The molecule has 0 saturated heterocycles. The van der Waals surface area contributed by atoms with E-state index in [-0.39, 0.29) is 6.54 Å². The van der Waals surface area contributed by atoms with Gasteiger partial charge in [-0.2, -0.15) is 18.3 Å². The van der Waals surface area contributed by atoms with E-state index in [1.807, 2.05) is 0 Å². The van der Waals surface area contributed by atoms with Crippen LogP contribution < -0.4 is 0 Å². The van der Waals surface area contributed by atoms with E-state index in [0.717, 1.165) is 23.0 Å². The molecule has 1 aromatic rings. The number of hydrogen-bond acceptors (Lipinski definition) is 2. The average molecular weight is 234 g/mol. The van der Waals surface area contributed by atoms with Gasteiger partial charge in [0.05, 0.1) is 6.54 Å². The van der Waals surface area contributed by atoms with Crippen LogP contribution in [0.15, 0.2) is 23.9 Å². The molecule has 0 radical (unpaired) electrons. The van der Waals surface area contributed by atoms with E-state index in [0.29, 0.717) is 5.57 Å². The maximum absolute atomic E-state index is 12.2. The van der Waals surface area contributed by atoms with Crippen molar-refractivity contribution >= 4 is 5.97 Å². The summed E-state index contributed by atoms with van der Waals surface area (Å²) in [6.07, 6.45) is -2.40. The number of allylic oxidation sites excluding steroid dienone is 1. The van der Waals surface area contributed by atoms with Crippen molar-refractivity contribution < 1.29 is 23.1 Å². The lowest BCUT2D eigenvalue weighted by Gasteiger charge is -2.02. The van der Waals surface area contributed by atoms with E-state index in [4.69, 9.17) is 5.11 Å². The van der Waals surface area contributed by atoms with Gasteiger partial charge in [-0.3, -0.25) is 4.68 Å². The van der Waals surface area contributed by atoms with Gasteiger partial charge in [-0.05, 0) is 18.6 Å². The highest BCUT2D eigenvalue weighted by Gasteiger charge is 2.33. The van der Waals surface area contributed by atoms with E-state index in [1.54, 1.807) is 0 Å². The molecule has 1 N–H and O–H groups in total. The molecule has 0 spiro atoms. The number of halogens is 3. The maximum atomic E-state index is 12.2. The van der Waals surface area contributed by atoms with Gasteiger partial charge in [0.1, 0.15) is 0 Å². The summed E-state index contributed by atoms with van der Waals surface area (Å²) >= 11 is 0. The first-order chi connectivity index (χ1) is 7.29. The summed E-state index contributed by atoms with van der Waals surface area (Å²) in [4.78, 5) is 10.3. The lowest BCUT2D eigenvalue weighted by atomic mass is 10.3. The van der Waals surface area contributed by atoms with Crippen molar-refractivity contribution in [2.75, 3.05) is 0 Å². The molecule has 0 atom stereocenters. The summed E-state index contributed by atoms with van der Waals surface area (Å²) < 4.78 is 37.5. The van der Waals surface area contributed by atoms with Gasteiger partial charge in [0.25, 0.3) is 0 Å². The first-order valence-corrected chi connectivity index (χ1v) is 4.30. The van der Waals surface area contributed by atoms with Crippen LogP contribution >= 0.6 is 0 Å². The normalized spacial score (nSPS) is 12.9. The van der Waals surface area contributed by atoms with E-state index in [1.165, 1.54) is 6.92 Å². The van der Waals surface area contributed by atoms with Gasteiger partial charge in [0, 0.05) is 12.3 Å². The number of carboxylic acid groups (broad SMARTS) is 1. The van der Waals surface area contributed by atoms with Crippen LogP contribution in [0.2, 0.25) is 0 Å². The predicted octanol–water partition coefficient (Wildman–Crippen LogP) is 1.93. The lowest BCUT2D eigenvalue weighted by molar-refractivity contribution is -0.141. The van der Waals surface area contributed by atoms with Gasteiger partial charge in [0.2, 0.25) is 0 Å². The van der Waals surface area contributed by atoms with Gasteiger partial charge in [-0.15, -0.1) is 0 Å². The highest BCUT2D eigenvalue weighted by atomic mass is 19.4. The highest BCUT2D eigenvalue weighted by Crippen LogP contribution is 2.27. The molecule has 0 aliphatic carbocycles. The Morgan fingerprint density at radius 1 is 1.62 bits per heavy atom. The number of rotatable bonds is 3. The Morgan fingerprint density at radius 2 is 2.25 bits per heavy atom. The Kier molecular flexibility index (Phi) is 3.36. The number of hydrogen-bond donors (Lipinski definition) is 1. The molecule has 16 heavy (non-hydrogen) atoms. The first kappa shape index (κ1) is 12.3. The van der Waals surface area contributed by atoms with Crippen LogP contribution in [0.25, 0.3) is 0 Å². The Balaban J connectivity index is 2.77. The summed E-state index contributed by atoms with van der Waals surface area (Å²) in [6.45, 7) is 1.52. The predicted molar refractivity (Wildman–Crippen MR) is 48.6 cm³/mol. The van der Waals surface area contributed by atoms with Gasteiger partial charge < -0.3 is 5.11 Å². The number of aliphatic carboxylic acids is 1. The Bertz CT molecular complexity index is 421. The molecule has 1 aromatic heterocycles. The van der Waals surface area contributed by atoms with Crippen molar-refractivity contribution in [2.45, 2.75) is 19.6 Å². The highest BCUT2D eigenvalue weighted by molar-refractivity contribution is 5.80. The standard InChI is InChI=1S/C9H9F3N2O2/c1-6(4-8(15)16)5-14-3-2-7(13-14)9(10,11)12/h2-4H,5H2,1H3,(H,15,16). The van der Waals surface area contributed by atoms with Crippen molar-refractivity contribution in [1.29, 1.82) is 0 Å². The Morgan fingerprint density at radius 3 is 2.69 bits per heavy atom. The van der Waals surface area contributed by atoms with Gasteiger partial charge in [-0.1, -0.05) is 0 Å². The van der Waals surface area contributed by atoms with Gasteiger partial charge >= 0.3 is 12.1 Å². The van der Waals surface area contributed by atoms with Crippen molar-refractivity contribution in [1.82, 2.24) is 9.78 Å². The van der Waals surface area contributed by atoms with E-state index in [9.17, 15) is 18.0 Å². The van der Waals surface area contributed by atoms with Crippen molar-refractivity contribution in [3.05, 3.63) is 29.6 Å². The number of carboxylic acids is 1. The third-order valence-electron chi connectivity index (χ3n) is 1.71. The molecule has 0 fully saturated rings. The fraction of sp³-hybridized carbons (Fsp3) is 0.333. The third kappa shape index (κ3) is 3.41. The third-order valence-corrected chi connectivity index (χ3v) is 1.71. The van der Waals surface area contributed by atoms with Crippen LogP contribution in [-0.4, -0.2) is 20.9 Å². The maximum Gasteiger partial charge on any atom is 0.435 e. The topological polar surface area (TPSA) is 55.1 Å². The van der Waals surface area contributed by atoms with E-state index in [2.05, 4.69) is 5.10 Å². The largest absolute Gasteiger partial charge is 0.478 e. The second-order valence-corrected chi connectivity index (χ2v) is 3.23. The van der Waals surface area contributed by atoms with Crippen LogP contribution in [0.3, 0.4) is 0 Å². The SMILES string of the molecule is CC(=CC(=O)O)Cn1ccc(C(F)(F)F)n1. The fourth-order valence-electron chi connectivity index (χ4n) is 1.11. The number of alkyl halides is 3. The lowest BCUT2D eigenvalue weighted by Crippen LogP contribution is -2.08. The monoisotopic (exact) mass is 234 g/mol. The van der Waals surface area contributed by atoms with E-state index < -0.39 is 17.8 Å². The molecule has 0 aliphatic heterocycles. The second kappa shape index (κ2) is 4.38. The summed E-state index contributed by atoms with van der Waals surface area (Å²) in [7, 11) is 0. The molecule has 0 aliphatic rings.